The van der Waals surface area contributed by atoms with E-state index in [0.717, 1.165) is 38.1 Å². The molecule has 0 aliphatic rings. The lowest BCUT2D eigenvalue weighted by Gasteiger charge is -2.14. The lowest BCUT2D eigenvalue weighted by atomic mass is 10.1. The van der Waals surface area contributed by atoms with Gasteiger partial charge in [0.15, 0.2) is 0 Å². The summed E-state index contributed by atoms with van der Waals surface area (Å²) < 4.78 is 9.83. The fourth-order valence-electron chi connectivity index (χ4n) is 2.13. The van der Waals surface area contributed by atoms with Gasteiger partial charge in [0.25, 0.3) is 0 Å². The Kier molecular flexibility index (Phi) is 5.46. The Bertz CT molecular complexity index is 638. The van der Waals surface area contributed by atoms with Gasteiger partial charge < -0.3 is 10.5 Å². The van der Waals surface area contributed by atoms with Gasteiger partial charge in [0.1, 0.15) is 12.4 Å². The average molecular weight is 417 g/mol. The number of benzene rings is 1. The molecule has 0 saturated carbocycles. The van der Waals surface area contributed by atoms with Crippen LogP contribution in [0.15, 0.2) is 27.1 Å². The van der Waals surface area contributed by atoms with Crippen LogP contribution in [0, 0.1) is 0 Å². The van der Waals surface area contributed by atoms with E-state index in [0.29, 0.717) is 6.61 Å². The summed E-state index contributed by atoms with van der Waals surface area (Å²) in [4.78, 5) is 0. The van der Waals surface area contributed by atoms with Crippen molar-refractivity contribution in [2.75, 3.05) is 0 Å². The molecular weight excluding hydrogens is 398 g/mol. The molecule has 4 nitrogen and oxygen atoms in total. The Morgan fingerprint density at radius 2 is 2.10 bits per heavy atom. The third-order valence-electron chi connectivity index (χ3n) is 3.33. The number of aryl methyl sites for hydroxylation is 2. The van der Waals surface area contributed by atoms with E-state index in [1.807, 2.05) is 36.9 Å². The molecule has 114 valence electrons. The second-order valence-electron chi connectivity index (χ2n) is 4.94. The molecule has 0 bridgehead atoms. The maximum absolute atomic E-state index is 6.00. The van der Waals surface area contributed by atoms with Crippen molar-refractivity contribution in [3.63, 3.8) is 0 Å². The van der Waals surface area contributed by atoms with Gasteiger partial charge in [0.2, 0.25) is 0 Å². The highest BCUT2D eigenvalue weighted by atomic mass is 79.9. The van der Waals surface area contributed by atoms with Gasteiger partial charge in [-0.1, -0.05) is 28.9 Å². The molecule has 0 radical (unpaired) electrons. The molecule has 6 heteroatoms. The molecular formula is C15H19Br2N3O. The van der Waals surface area contributed by atoms with Crippen LogP contribution < -0.4 is 10.5 Å². The van der Waals surface area contributed by atoms with Crippen molar-refractivity contribution < 1.29 is 4.74 Å². The minimum Gasteiger partial charge on any atom is -0.487 e. The Hall–Kier alpha value is -0.850. The predicted octanol–water partition coefficient (Wildman–Crippen LogP) is 4.11. The largest absolute Gasteiger partial charge is 0.487 e. The topological polar surface area (TPSA) is 53.1 Å². The van der Waals surface area contributed by atoms with Crippen LogP contribution in [-0.4, -0.2) is 9.78 Å². The lowest BCUT2D eigenvalue weighted by molar-refractivity contribution is 0.289. The van der Waals surface area contributed by atoms with Gasteiger partial charge in [-0.25, -0.2) is 0 Å². The van der Waals surface area contributed by atoms with Crippen LogP contribution in [0.25, 0.3) is 0 Å². The summed E-state index contributed by atoms with van der Waals surface area (Å²) in [7, 11) is 1.93. The second-order valence-corrected chi connectivity index (χ2v) is 6.65. The van der Waals surface area contributed by atoms with Crippen molar-refractivity contribution in [3.8, 4) is 5.75 Å². The fraction of sp³-hybridized carbons (Fsp3) is 0.400. The van der Waals surface area contributed by atoms with E-state index in [1.54, 1.807) is 0 Å². The molecule has 1 atom stereocenters. The Morgan fingerprint density at radius 1 is 1.38 bits per heavy atom. The van der Waals surface area contributed by atoms with Gasteiger partial charge in [-0.3, -0.25) is 4.68 Å². The van der Waals surface area contributed by atoms with Crippen LogP contribution in [0.4, 0.5) is 0 Å². The van der Waals surface area contributed by atoms with Crippen LogP contribution in [0.3, 0.4) is 0 Å². The molecule has 2 N–H and O–H groups in total. The third-order valence-corrected chi connectivity index (χ3v) is 4.74. The smallest absolute Gasteiger partial charge is 0.131 e. The number of nitrogens with two attached hydrogens (primary N) is 1. The van der Waals surface area contributed by atoms with E-state index in [2.05, 4.69) is 43.9 Å². The van der Waals surface area contributed by atoms with Crippen LogP contribution in [-0.2, 0) is 20.1 Å². The van der Waals surface area contributed by atoms with Gasteiger partial charge in [-0.05, 0) is 41.4 Å². The number of hydrogen-bond acceptors (Lipinski definition) is 3. The van der Waals surface area contributed by atoms with E-state index in [1.165, 1.54) is 0 Å². The monoisotopic (exact) mass is 415 g/mol. The summed E-state index contributed by atoms with van der Waals surface area (Å²) in [5.74, 6) is 0.797. The van der Waals surface area contributed by atoms with Gasteiger partial charge in [0.05, 0.1) is 15.9 Å². The summed E-state index contributed by atoms with van der Waals surface area (Å²) in [5, 5.41) is 4.47. The van der Waals surface area contributed by atoms with E-state index in [4.69, 9.17) is 10.5 Å². The first-order valence-electron chi connectivity index (χ1n) is 6.82. The molecule has 1 aromatic heterocycles. The highest BCUT2D eigenvalue weighted by Crippen LogP contribution is 2.29. The predicted molar refractivity (Wildman–Crippen MR) is 91.4 cm³/mol. The van der Waals surface area contributed by atoms with Crippen LogP contribution in [0.5, 0.6) is 5.75 Å². The highest BCUT2D eigenvalue weighted by molar-refractivity contribution is 9.10. The summed E-state index contributed by atoms with van der Waals surface area (Å²) in [6, 6.07) is 5.83. The zero-order valence-electron chi connectivity index (χ0n) is 12.4. The van der Waals surface area contributed by atoms with E-state index in [-0.39, 0.29) is 6.04 Å². The number of halogens is 2. The lowest BCUT2D eigenvalue weighted by Crippen LogP contribution is -2.09. The first kappa shape index (κ1) is 16.5. The molecule has 0 fully saturated rings. The number of rotatable bonds is 5. The summed E-state index contributed by atoms with van der Waals surface area (Å²) >= 11 is 7.07. The van der Waals surface area contributed by atoms with E-state index >= 15 is 0 Å². The molecule has 1 heterocycles. The number of nitrogens with zero attached hydrogens (tertiary/aromatic N) is 2. The number of aromatic nitrogens is 2. The van der Waals surface area contributed by atoms with Crippen LogP contribution in [0.2, 0.25) is 0 Å². The summed E-state index contributed by atoms with van der Waals surface area (Å²) in [5.41, 5.74) is 9.05. The van der Waals surface area contributed by atoms with Crippen LogP contribution >= 0.6 is 31.9 Å². The quantitative estimate of drug-likeness (QED) is 0.797. The Labute approximate surface area is 141 Å². The van der Waals surface area contributed by atoms with Gasteiger partial charge in [0, 0.05) is 23.1 Å². The Morgan fingerprint density at radius 3 is 2.67 bits per heavy atom. The second kappa shape index (κ2) is 6.94. The molecule has 0 amide bonds. The van der Waals surface area contributed by atoms with Crippen molar-refractivity contribution in [2.45, 2.75) is 32.9 Å². The van der Waals surface area contributed by atoms with Gasteiger partial charge in [-0.2, -0.15) is 5.10 Å². The van der Waals surface area contributed by atoms with Crippen molar-refractivity contribution in [3.05, 3.63) is 44.1 Å². The zero-order valence-corrected chi connectivity index (χ0v) is 15.5. The standard InChI is InChI=1S/C15H19Br2N3O/c1-4-12-15(17)13(20(3)19-12)8-21-14-7-10(16)5-6-11(14)9(2)18/h5-7,9H,4,8,18H2,1-3H3. The SMILES string of the molecule is CCc1nn(C)c(COc2cc(Br)ccc2C(C)N)c1Br. The molecule has 2 aromatic rings. The van der Waals surface area contributed by atoms with E-state index in [9.17, 15) is 0 Å². The molecule has 0 spiro atoms. The molecule has 0 saturated heterocycles. The average Bonchev–Trinajstić information content (AvgIpc) is 2.71. The van der Waals surface area contributed by atoms with E-state index < -0.39 is 0 Å². The molecule has 21 heavy (non-hydrogen) atoms. The third kappa shape index (κ3) is 3.67. The minimum atomic E-state index is -0.0747. The van der Waals surface area contributed by atoms with Crippen molar-refractivity contribution >= 4 is 31.9 Å². The number of ether oxygens (including phenoxy) is 1. The normalized spacial score (nSPS) is 12.5. The first-order chi connectivity index (χ1) is 9.93. The maximum atomic E-state index is 6.00. The van der Waals surface area contributed by atoms with Gasteiger partial charge >= 0.3 is 0 Å². The summed E-state index contributed by atoms with van der Waals surface area (Å²) in [6.45, 7) is 4.48. The fourth-order valence-corrected chi connectivity index (χ4v) is 3.20. The number of hydrogen-bond donors (Lipinski definition) is 1. The minimum absolute atomic E-state index is 0.0747. The highest BCUT2D eigenvalue weighted by Gasteiger charge is 2.15. The maximum Gasteiger partial charge on any atom is 0.131 e. The van der Waals surface area contributed by atoms with Crippen LogP contribution in [0.1, 0.15) is 36.8 Å². The van der Waals surface area contributed by atoms with Crippen molar-refractivity contribution in [1.82, 2.24) is 9.78 Å². The van der Waals surface area contributed by atoms with Crippen molar-refractivity contribution in [1.29, 1.82) is 0 Å². The molecule has 2 rings (SSSR count). The van der Waals surface area contributed by atoms with Gasteiger partial charge in [-0.15, -0.1) is 0 Å². The molecule has 1 aromatic carbocycles. The first-order valence-corrected chi connectivity index (χ1v) is 8.40. The Balaban J connectivity index is 2.24. The molecule has 0 aliphatic heterocycles. The zero-order chi connectivity index (χ0) is 15.6. The molecule has 0 aliphatic carbocycles. The van der Waals surface area contributed by atoms with Crippen molar-refractivity contribution in [2.24, 2.45) is 12.8 Å². The summed E-state index contributed by atoms with van der Waals surface area (Å²) in [6.07, 6.45) is 0.885. The molecule has 1 unspecified atom stereocenters.